The Hall–Kier alpha value is -2.06. The summed E-state index contributed by atoms with van der Waals surface area (Å²) in [6.07, 6.45) is 0. The number of rotatable bonds is 4. The van der Waals surface area contributed by atoms with E-state index in [4.69, 9.17) is 9.26 Å². The maximum atomic E-state index is 12.4. The number of hydrogen-bond acceptors (Lipinski definition) is 6. The van der Waals surface area contributed by atoms with Crippen LogP contribution >= 0.6 is 0 Å². The molecule has 2 aromatic rings. The Morgan fingerprint density at radius 2 is 2.19 bits per heavy atom. The van der Waals surface area contributed by atoms with Gasteiger partial charge in [-0.1, -0.05) is 17.3 Å². The average Bonchev–Trinajstić information content (AvgIpc) is 2.98. The number of morpholine rings is 1. The van der Waals surface area contributed by atoms with Crippen molar-refractivity contribution in [3.05, 3.63) is 30.1 Å². The average molecular weight is 297 g/mol. The lowest BCUT2D eigenvalue weighted by Gasteiger charge is -2.20. The number of nitrogens with zero attached hydrogens (tertiary/aromatic N) is 2. The molecule has 2 heterocycles. The summed E-state index contributed by atoms with van der Waals surface area (Å²) in [5.41, 5.74) is 0.327. The van der Waals surface area contributed by atoms with Gasteiger partial charge in [0.05, 0.1) is 24.8 Å². The highest BCUT2D eigenvalue weighted by Gasteiger charge is 2.23. The van der Waals surface area contributed by atoms with Crippen LogP contribution in [0.2, 0.25) is 0 Å². The van der Waals surface area contributed by atoms with E-state index in [1.54, 1.807) is 18.2 Å². The molecule has 1 aromatic carbocycles. The molecule has 112 valence electrons. The van der Waals surface area contributed by atoms with Gasteiger partial charge in [-0.15, -0.1) is 0 Å². The van der Waals surface area contributed by atoms with Crippen molar-refractivity contribution >= 4 is 0 Å². The van der Waals surface area contributed by atoms with Crippen LogP contribution in [0.1, 0.15) is 11.9 Å². The molecule has 1 aliphatic rings. The van der Waals surface area contributed by atoms with E-state index in [-0.39, 0.29) is 17.7 Å². The normalized spacial score (nSPS) is 18.9. The highest BCUT2D eigenvalue weighted by atomic mass is 19.3. The van der Waals surface area contributed by atoms with Gasteiger partial charge in [0.1, 0.15) is 5.75 Å². The summed E-state index contributed by atoms with van der Waals surface area (Å²) in [5, 5.41) is 7.05. The first kappa shape index (κ1) is 13.9. The number of alkyl halides is 2. The molecule has 6 nitrogen and oxygen atoms in total. The first-order valence-corrected chi connectivity index (χ1v) is 6.43. The Bertz CT molecular complexity index is 600. The van der Waals surface area contributed by atoms with Crippen LogP contribution in [-0.2, 0) is 4.74 Å². The van der Waals surface area contributed by atoms with Crippen LogP contribution in [0.25, 0.3) is 11.5 Å². The van der Waals surface area contributed by atoms with Gasteiger partial charge in [-0.05, 0) is 12.1 Å². The molecule has 0 amide bonds. The van der Waals surface area contributed by atoms with E-state index in [0.29, 0.717) is 31.1 Å². The van der Waals surface area contributed by atoms with Crippen molar-refractivity contribution in [2.24, 2.45) is 0 Å². The van der Waals surface area contributed by atoms with Crippen LogP contribution < -0.4 is 10.1 Å². The van der Waals surface area contributed by atoms with E-state index in [2.05, 4.69) is 20.2 Å². The summed E-state index contributed by atoms with van der Waals surface area (Å²) in [4.78, 5) is 4.23. The summed E-state index contributed by atoms with van der Waals surface area (Å²) in [6, 6.07) is 6.11. The minimum Gasteiger partial charge on any atom is -0.434 e. The number of benzene rings is 1. The maximum Gasteiger partial charge on any atom is 0.387 e. The smallest absolute Gasteiger partial charge is 0.387 e. The molecule has 3 rings (SSSR count). The standard InChI is InChI=1S/C13H13F2N3O3/c14-13(15)20-10-4-2-1-3-8(10)12-17-11(18-21-12)9-7-19-6-5-16-9/h1-4,9,13,16H,5-7H2. The topological polar surface area (TPSA) is 69.4 Å². The number of hydrogen-bond donors (Lipinski definition) is 1. The number of nitrogens with one attached hydrogen (secondary N) is 1. The zero-order valence-corrected chi connectivity index (χ0v) is 11.0. The largest absolute Gasteiger partial charge is 0.434 e. The molecule has 21 heavy (non-hydrogen) atoms. The fourth-order valence-electron chi connectivity index (χ4n) is 2.06. The predicted molar refractivity (Wildman–Crippen MR) is 67.9 cm³/mol. The second-order valence-corrected chi connectivity index (χ2v) is 4.41. The summed E-state index contributed by atoms with van der Waals surface area (Å²) in [6.45, 7) is -1.15. The number of ether oxygens (including phenoxy) is 2. The molecule has 0 radical (unpaired) electrons. The minimum atomic E-state index is -2.91. The lowest BCUT2D eigenvalue weighted by Crippen LogP contribution is -2.35. The van der Waals surface area contributed by atoms with Gasteiger partial charge in [0.2, 0.25) is 0 Å². The van der Waals surface area contributed by atoms with Crippen LogP contribution in [0, 0.1) is 0 Å². The third-order valence-corrected chi connectivity index (χ3v) is 3.01. The predicted octanol–water partition coefficient (Wildman–Crippen LogP) is 2.00. The van der Waals surface area contributed by atoms with Gasteiger partial charge in [-0.2, -0.15) is 13.8 Å². The molecule has 0 aliphatic carbocycles. The quantitative estimate of drug-likeness (QED) is 0.931. The Labute approximate surface area is 119 Å². The molecule has 8 heteroatoms. The molecule has 0 spiro atoms. The van der Waals surface area contributed by atoms with E-state index in [1.165, 1.54) is 6.07 Å². The maximum absolute atomic E-state index is 12.4. The second-order valence-electron chi connectivity index (χ2n) is 4.41. The molecule has 1 atom stereocenters. The van der Waals surface area contributed by atoms with Gasteiger partial charge < -0.3 is 19.3 Å². The van der Waals surface area contributed by atoms with Gasteiger partial charge in [0, 0.05) is 6.54 Å². The summed E-state index contributed by atoms with van der Waals surface area (Å²) < 4.78 is 39.7. The van der Waals surface area contributed by atoms with Crippen LogP contribution in [0.5, 0.6) is 5.75 Å². The van der Waals surface area contributed by atoms with E-state index in [9.17, 15) is 8.78 Å². The Morgan fingerprint density at radius 1 is 1.33 bits per heavy atom. The summed E-state index contributed by atoms with van der Waals surface area (Å²) in [5.74, 6) is 0.556. The van der Waals surface area contributed by atoms with E-state index < -0.39 is 6.61 Å². The molecule has 0 bridgehead atoms. The monoisotopic (exact) mass is 297 g/mol. The summed E-state index contributed by atoms with van der Waals surface area (Å²) >= 11 is 0. The van der Waals surface area contributed by atoms with Crippen molar-refractivity contribution in [1.82, 2.24) is 15.5 Å². The molecule has 1 aromatic heterocycles. The first-order valence-electron chi connectivity index (χ1n) is 6.43. The van der Waals surface area contributed by atoms with Gasteiger partial charge in [-0.3, -0.25) is 0 Å². The highest BCUT2D eigenvalue weighted by molar-refractivity contribution is 5.62. The second kappa shape index (κ2) is 6.15. The molecule has 0 saturated carbocycles. The fourth-order valence-corrected chi connectivity index (χ4v) is 2.06. The molecular formula is C13H13F2N3O3. The Kier molecular flexibility index (Phi) is 4.07. The molecule has 1 aliphatic heterocycles. The minimum absolute atomic E-state index is 0.00412. The van der Waals surface area contributed by atoms with Crippen LogP contribution in [-0.4, -0.2) is 36.5 Å². The van der Waals surface area contributed by atoms with Gasteiger partial charge >= 0.3 is 6.61 Å². The van der Waals surface area contributed by atoms with Gasteiger partial charge in [0.15, 0.2) is 5.82 Å². The zero-order valence-electron chi connectivity index (χ0n) is 11.0. The molecular weight excluding hydrogens is 284 g/mol. The van der Waals surface area contributed by atoms with Crippen LogP contribution in [0.15, 0.2) is 28.8 Å². The first-order chi connectivity index (χ1) is 10.2. The van der Waals surface area contributed by atoms with Crippen molar-refractivity contribution in [2.75, 3.05) is 19.8 Å². The Balaban J connectivity index is 1.85. The number of halogens is 2. The molecule has 1 saturated heterocycles. The highest BCUT2D eigenvalue weighted by Crippen LogP contribution is 2.30. The zero-order chi connectivity index (χ0) is 14.7. The number of aromatic nitrogens is 2. The van der Waals surface area contributed by atoms with E-state index in [0.717, 1.165) is 0 Å². The van der Waals surface area contributed by atoms with E-state index >= 15 is 0 Å². The van der Waals surface area contributed by atoms with Crippen molar-refractivity contribution in [1.29, 1.82) is 0 Å². The van der Waals surface area contributed by atoms with Crippen LogP contribution in [0.3, 0.4) is 0 Å². The van der Waals surface area contributed by atoms with Gasteiger partial charge in [0.25, 0.3) is 5.89 Å². The van der Waals surface area contributed by atoms with Crippen molar-refractivity contribution in [3.8, 4) is 17.2 Å². The lowest BCUT2D eigenvalue weighted by atomic mass is 10.2. The third kappa shape index (κ3) is 3.17. The van der Waals surface area contributed by atoms with E-state index in [1.807, 2.05) is 0 Å². The van der Waals surface area contributed by atoms with Crippen molar-refractivity contribution < 1.29 is 22.8 Å². The molecule has 1 N–H and O–H groups in total. The lowest BCUT2D eigenvalue weighted by molar-refractivity contribution is -0.0495. The van der Waals surface area contributed by atoms with Crippen LogP contribution in [0.4, 0.5) is 8.78 Å². The fraction of sp³-hybridized carbons (Fsp3) is 0.385. The van der Waals surface area contributed by atoms with Crippen molar-refractivity contribution in [3.63, 3.8) is 0 Å². The summed E-state index contributed by atoms with van der Waals surface area (Å²) in [7, 11) is 0. The van der Waals surface area contributed by atoms with Crippen molar-refractivity contribution in [2.45, 2.75) is 12.7 Å². The molecule has 1 fully saturated rings. The molecule has 1 unspecified atom stereocenters. The van der Waals surface area contributed by atoms with Gasteiger partial charge in [-0.25, -0.2) is 0 Å². The Morgan fingerprint density at radius 3 is 2.95 bits per heavy atom. The SMILES string of the molecule is FC(F)Oc1ccccc1-c1nc(C2COCCN2)no1. The number of para-hydroxylation sites is 1. The third-order valence-electron chi connectivity index (χ3n) is 3.01.